The van der Waals surface area contributed by atoms with Crippen LogP contribution in [0.4, 0.5) is 28.7 Å². The van der Waals surface area contributed by atoms with Crippen LogP contribution in [0.1, 0.15) is 0 Å². The molecule has 9 heteroatoms. The Morgan fingerprint density at radius 1 is 1.19 bits per heavy atom. The van der Waals surface area contributed by atoms with E-state index in [0.29, 0.717) is 11.5 Å². The van der Waals surface area contributed by atoms with Gasteiger partial charge in [-0.15, -0.1) is 0 Å². The normalized spacial score (nSPS) is 10.7. The molecule has 0 saturated carbocycles. The maximum Gasteiger partial charge on any atom is 0.311 e. The Kier molecular flexibility index (Phi) is 4.09. The lowest BCUT2D eigenvalue weighted by Gasteiger charge is -2.18. The van der Waals surface area contributed by atoms with E-state index < -0.39 is 4.92 Å². The third-order valence-electron chi connectivity index (χ3n) is 4.14. The van der Waals surface area contributed by atoms with Crippen LogP contribution in [0.2, 0.25) is 0 Å². The number of nitrogens with one attached hydrogen (secondary N) is 2. The van der Waals surface area contributed by atoms with Crippen LogP contribution in [0, 0.1) is 10.1 Å². The topological polar surface area (TPSA) is 113 Å². The summed E-state index contributed by atoms with van der Waals surface area (Å²) >= 11 is 0. The minimum Gasteiger partial charge on any atom is -0.334 e. The molecule has 3 heterocycles. The fourth-order valence-electron chi connectivity index (χ4n) is 2.70. The van der Waals surface area contributed by atoms with E-state index in [1.807, 2.05) is 37.4 Å². The molecule has 134 valence electrons. The first-order chi connectivity index (χ1) is 13.1. The van der Waals surface area contributed by atoms with Crippen molar-refractivity contribution >= 4 is 39.6 Å². The van der Waals surface area contributed by atoms with Gasteiger partial charge in [0.1, 0.15) is 5.82 Å². The monoisotopic (exact) mass is 361 g/mol. The number of aromatic amines is 1. The van der Waals surface area contributed by atoms with Crippen molar-refractivity contribution in [3.8, 4) is 0 Å². The first kappa shape index (κ1) is 16.5. The van der Waals surface area contributed by atoms with Gasteiger partial charge in [-0.25, -0.2) is 4.98 Å². The summed E-state index contributed by atoms with van der Waals surface area (Å²) in [5.41, 5.74) is 2.21. The van der Waals surface area contributed by atoms with Crippen molar-refractivity contribution in [2.45, 2.75) is 0 Å². The smallest absolute Gasteiger partial charge is 0.311 e. The van der Waals surface area contributed by atoms with Gasteiger partial charge in [-0.1, -0.05) is 0 Å². The van der Waals surface area contributed by atoms with Gasteiger partial charge in [0.25, 0.3) is 0 Å². The Hall–Kier alpha value is -4.01. The molecule has 0 amide bonds. The van der Waals surface area contributed by atoms with E-state index in [2.05, 4.69) is 25.5 Å². The summed E-state index contributed by atoms with van der Waals surface area (Å²) in [5.74, 6) is 0.714. The Labute approximate surface area is 153 Å². The van der Waals surface area contributed by atoms with Gasteiger partial charge < -0.3 is 10.2 Å². The van der Waals surface area contributed by atoms with Crippen LogP contribution in [0.5, 0.6) is 0 Å². The van der Waals surface area contributed by atoms with Crippen molar-refractivity contribution in [3.63, 3.8) is 0 Å². The average Bonchev–Trinajstić information content (AvgIpc) is 3.15. The Balaban J connectivity index is 1.72. The maximum absolute atomic E-state index is 11.4. The maximum atomic E-state index is 11.4. The van der Waals surface area contributed by atoms with E-state index in [0.717, 1.165) is 16.6 Å². The van der Waals surface area contributed by atoms with Gasteiger partial charge in [0.15, 0.2) is 0 Å². The molecule has 0 bridgehead atoms. The second-order valence-corrected chi connectivity index (χ2v) is 5.86. The highest BCUT2D eigenvalue weighted by atomic mass is 16.6. The Bertz CT molecular complexity index is 1110. The van der Waals surface area contributed by atoms with Gasteiger partial charge in [0.05, 0.1) is 28.5 Å². The number of benzene rings is 1. The summed E-state index contributed by atoms with van der Waals surface area (Å²) in [7, 11) is 1.83. The number of hydrogen-bond acceptors (Lipinski definition) is 7. The number of nitro groups is 1. The van der Waals surface area contributed by atoms with Crippen molar-refractivity contribution in [1.29, 1.82) is 0 Å². The average molecular weight is 361 g/mol. The molecule has 0 unspecified atom stereocenters. The van der Waals surface area contributed by atoms with Crippen LogP contribution in [0.15, 0.2) is 61.1 Å². The molecule has 0 fully saturated rings. The highest BCUT2D eigenvalue weighted by molar-refractivity contribution is 5.83. The molecular formula is C18H15N7O2. The number of aromatic nitrogens is 4. The Morgan fingerprint density at radius 2 is 2.07 bits per heavy atom. The number of rotatable bonds is 5. The minimum absolute atomic E-state index is 0.108. The standard InChI is InChI=1S/C18H15N7O2/c1-24(14-3-2-8-19-11-14)17-7-6-16(25(26)27)18(22-17)21-13-5-4-12-10-20-23-15(12)9-13/h2-11H,1H3,(H,20,23)(H,21,22). The lowest BCUT2D eigenvalue weighted by atomic mass is 10.2. The van der Waals surface area contributed by atoms with Gasteiger partial charge in [0.2, 0.25) is 5.82 Å². The largest absolute Gasteiger partial charge is 0.334 e. The molecule has 9 nitrogen and oxygen atoms in total. The third-order valence-corrected chi connectivity index (χ3v) is 4.14. The molecule has 1 aromatic carbocycles. The van der Waals surface area contributed by atoms with E-state index >= 15 is 0 Å². The quantitative estimate of drug-likeness (QED) is 0.411. The molecule has 4 rings (SSSR count). The highest BCUT2D eigenvalue weighted by Crippen LogP contribution is 2.31. The molecule has 27 heavy (non-hydrogen) atoms. The van der Waals surface area contributed by atoms with Gasteiger partial charge in [-0.2, -0.15) is 5.10 Å². The molecule has 2 N–H and O–H groups in total. The van der Waals surface area contributed by atoms with Gasteiger partial charge >= 0.3 is 5.69 Å². The van der Waals surface area contributed by atoms with Crippen molar-refractivity contribution < 1.29 is 4.92 Å². The third kappa shape index (κ3) is 3.25. The summed E-state index contributed by atoms with van der Waals surface area (Å²) in [6, 6.07) is 12.3. The number of H-pyrrole nitrogens is 1. The number of pyridine rings is 2. The fraction of sp³-hybridized carbons (Fsp3) is 0.0556. The summed E-state index contributed by atoms with van der Waals surface area (Å²) in [6.07, 6.45) is 5.09. The minimum atomic E-state index is -0.460. The van der Waals surface area contributed by atoms with E-state index in [1.165, 1.54) is 6.07 Å². The molecule has 3 aromatic heterocycles. The number of nitrogens with zero attached hydrogens (tertiary/aromatic N) is 5. The molecule has 4 aromatic rings. The van der Waals surface area contributed by atoms with Gasteiger partial charge in [0, 0.05) is 30.4 Å². The Morgan fingerprint density at radius 3 is 2.85 bits per heavy atom. The molecule has 0 saturated heterocycles. The van der Waals surface area contributed by atoms with Crippen molar-refractivity contribution in [1.82, 2.24) is 20.2 Å². The van der Waals surface area contributed by atoms with Crippen molar-refractivity contribution in [2.24, 2.45) is 0 Å². The fourth-order valence-corrected chi connectivity index (χ4v) is 2.70. The molecule has 0 aliphatic rings. The zero-order valence-corrected chi connectivity index (χ0v) is 14.3. The van der Waals surface area contributed by atoms with Crippen molar-refractivity contribution in [3.05, 3.63) is 71.2 Å². The van der Waals surface area contributed by atoms with Crippen LogP contribution >= 0.6 is 0 Å². The van der Waals surface area contributed by atoms with Crippen LogP contribution < -0.4 is 10.2 Å². The molecule has 0 atom stereocenters. The van der Waals surface area contributed by atoms with Gasteiger partial charge in [-0.3, -0.25) is 20.2 Å². The summed E-state index contributed by atoms with van der Waals surface area (Å²) < 4.78 is 0. The van der Waals surface area contributed by atoms with E-state index in [9.17, 15) is 10.1 Å². The predicted octanol–water partition coefficient (Wildman–Crippen LogP) is 3.77. The lowest BCUT2D eigenvalue weighted by molar-refractivity contribution is -0.384. The second kappa shape index (κ2) is 6.71. The van der Waals surface area contributed by atoms with E-state index in [-0.39, 0.29) is 11.5 Å². The van der Waals surface area contributed by atoms with Crippen molar-refractivity contribution in [2.75, 3.05) is 17.3 Å². The van der Waals surface area contributed by atoms with E-state index in [1.54, 1.807) is 29.6 Å². The summed E-state index contributed by atoms with van der Waals surface area (Å²) in [5, 5.41) is 22.3. The predicted molar refractivity (Wildman–Crippen MR) is 103 cm³/mol. The number of fused-ring (bicyclic) bond motifs is 1. The van der Waals surface area contributed by atoms with Crippen LogP contribution in [0.3, 0.4) is 0 Å². The number of hydrogen-bond donors (Lipinski definition) is 2. The van der Waals surface area contributed by atoms with Crippen LogP contribution in [-0.4, -0.2) is 32.1 Å². The zero-order valence-electron chi connectivity index (χ0n) is 14.3. The first-order valence-electron chi connectivity index (χ1n) is 8.11. The molecule has 0 radical (unpaired) electrons. The molecular weight excluding hydrogens is 346 g/mol. The summed E-state index contributed by atoms with van der Waals surface area (Å²) in [6.45, 7) is 0. The van der Waals surface area contributed by atoms with Gasteiger partial charge in [-0.05, 0) is 36.4 Å². The number of anilines is 4. The summed E-state index contributed by atoms with van der Waals surface area (Å²) in [4.78, 5) is 21.3. The highest BCUT2D eigenvalue weighted by Gasteiger charge is 2.18. The van der Waals surface area contributed by atoms with Crippen LogP contribution in [0.25, 0.3) is 10.9 Å². The molecule has 0 aliphatic heterocycles. The molecule has 0 spiro atoms. The lowest BCUT2D eigenvalue weighted by Crippen LogP contribution is -2.12. The molecule has 0 aliphatic carbocycles. The second-order valence-electron chi connectivity index (χ2n) is 5.86. The SMILES string of the molecule is CN(c1cccnc1)c1ccc([N+](=O)[O-])c(Nc2ccc3cn[nH]c3c2)n1. The first-order valence-corrected chi connectivity index (χ1v) is 8.11. The van der Waals surface area contributed by atoms with Crippen LogP contribution in [-0.2, 0) is 0 Å². The zero-order chi connectivity index (χ0) is 18.8. The van der Waals surface area contributed by atoms with E-state index in [4.69, 9.17) is 0 Å².